The molecule has 0 bridgehead atoms. The maximum atomic E-state index is 14.7. The average Bonchev–Trinajstić information content (AvgIpc) is 2.77. The summed E-state index contributed by atoms with van der Waals surface area (Å²) in [6.45, 7) is 4.34. The highest BCUT2D eigenvalue weighted by Crippen LogP contribution is 2.27. The first kappa shape index (κ1) is 22.2. The molecule has 0 amide bonds. The molecule has 0 aliphatic rings. The Morgan fingerprint density at radius 2 is 1.13 bits per heavy atom. The maximum absolute atomic E-state index is 14.7. The standard InChI is InChI=1S/C28H32F2/c1-3-5-6-8-22-9-11-23(12-10-22)15-18-25-19-20-26(28(30)27(25)29)24-16-13-21(7-4-2)14-17-24/h9-14,16-17,19-20H,3-8,15,18H2,1-2H3. The Morgan fingerprint density at radius 3 is 1.77 bits per heavy atom. The molecule has 3 aromatic rings. The number of halogens is 2. The first-order chi connectivity index (χ1) is 14.6. The van der Waals surface area contributed by atoms with Crippen molar-refractivity contribution in [3.05, 3.63) is 94.6 Å². The van der Waals surface area contributed by atoms with Crippen LogP contribution in [-0.2, 0) is 25.7 Å². The van der Waals surface area contributed by atoms with Crippen LogP contribution in [0.5, 0.6) is 0 Å². The fraction of sp³-hybridized carbons (Fsp3) is 0.357. The zero-order chi connectivity index (χ0) is 21.3. The number of benzene rings is 3. The van der Waals surface area contributed by atoms with Crippen molar-refractivity contribution in [1.82, 2.24) is 0 Å². The molecule has 0 heterocycles. The molecule has 0 saturated carbocycles. The van der Waals surface area contributed by atoms with Gasteiger partial charge >= 0.3 is 0 Å². The quantitative estimate of drug-likeness (QED) is 0.298. The Labute approximate surface area is 180 Å². The zero-order valence-electron chi connectivity index (χ0n) is 18.2. The van der Waals surface area contributed by atoms with E-state index in [2.05, 4.69) is 38.1 Å². The Hall–Kier alpha value is -2.48. The van der Waals surface area contributed by atoms with Gasteiger partial charge in [0.05, 0.1) is 0 Å². The number of unbranched alkanes of at least 4 members (excludes halogenated alkanes) is 2. The third-order valence-electron chi connectivity index (χ3n) is 5.74. The van der Waals surface area contributed by atoms with E-state index in [9.17, 15) is 8.78 Å². The van der Waals surface area contributed by atoms with E-state index in [1.165, 1.54) is 30.4 Å². The van der Waals surface area contributed by atoms with Gasteiger partial charge < -0.3 is 0 Å². The minimum atomic E-state index is -0.748. The molecule has 0 fully saturated rings. The summed E-state index contributed by atoms with van der Waals surface area (Å²) in [6.07, 6.45) is 8.07. The molecular weight excluding hydrogens is 374 g/mol. The van der Waals surface area contributed by atoms with Gasteiger partial charge in [-0.1, -0.05) is 93.8 Å². The maximum Gasteiger partial charge on any atom is 0.166 e. The largest absolute Gasteiger partial charge is 0.203 e. The lowest BCUT2D eigenvalue weighted by Crippen LogP contribution is -2.00. The van der Waals surface area contributed by atoms with Gasteiger partial charge in [-0.3, -0.25) is 0 Å². The summed E-state index contributed by atoms with van der Waals surface area (Å²) in [5.74, 6) is -1.47. The molecule has 0 spiro atoms. The van der Waals surface area contributed by atoms with Crippen LogP contribution in [0.25, 0.3) is 11.1 Å². The Balaban J connectivity index is 1.65. The third-order valence-corrected chi connectivity index (χ3v) is 5.74. The lowest BCUT2D eigenvalue weighted by Gasteiger charge is -2.10. The molecule has 0 unspecified atom stereocenters. The molecule has 0 nitrogen and oxygen atoms in total. The summed E-state index contributed by atoms with van der Waals surface area (Å²) in [7, 11) is 0. The second-order valence-electron chi connectivity index (χ2n) is 8.12. The van der Waals surface area contributed by atoms with Crippen LogP contribution in [-0.4, -0.2) is 0 Å². The van der Waals surface area contributed by atoms with Gasteiger partial charge in [-0.05, 0) is 59.9 Å². The summed E-state index contributed by atoms with van der Waals surface area (Å²) < 4.78 is 29.5. The molecule has 0 aromatic heterocycles. The van der Waals surface area contributed by atoms with E-state index in [1.54, 1.807) is 12.1 Å². The molecule has 3 rings (SSSR count). The van der Waals surface area contributed by atoms with Crippen molar-refractivity contribution in [2.45, 2.75) is 65.2 Å². The fourth-order valence-electron chi connectivity index (χ4n) is 3.88. The van der Waals surface area contributed by atoms with E-state index in [-0.39, 0.29) is 0 Å². The fourth-order valence-corrected chi connectivity index (χ4v) is 3.88. The first-order valence-electron chi connectivity index (χ1n) is 11.3. The van der Waals surface area contributed by atoms with Crippen molar-refractivity contribution in [2.75, 3.05) is 0 Å². The van der Waals surface area contributed by atoms with Crippen molar-refractivity contribution in [1.29, 1.82) is 0 Å². The monoisotopic (exact) mass is 406 g/mol. The van der Waals surface area contributed by atoms with Gasteiger partial charge in [-0.2, -0.15) is 0 Å². The van der Waals surface area contributed by atoms with Crippen LogP contribution in [0.15, 0.2) is 60.7 Å². The minimum absolute atomic E-state index is 0.329. The van der Waals surface area contributed by atoms with Crippen molar-refractivity contribution < 1.29 is 8.78 Å². The number of aryl methyl sites for hydroxylation is 4. The smallest absolute Gasteiger partial charge is 0.166 e. The number of hydrogen-bond acceptors (Lipinski definition) is 0. The molecule has 158 valence electrons. The van der Waals surface area contributed by atoms with E-state index >= 15 is 0 Å². The van der Waals surface area contributed by atoms with Crippen LogP contribution in [0.2, 0.25) is 0 Å². The van der Waals surface area contributed by atoms with Crippen molar-refractivity contribution in [2.24, 2.45) is 0 Å². The average molecular weight is 407 g/mol. The molecular formula is C28H32F2. The molecule has 0 aliphatic carbocycles. The summed E-state index contributed by atoms with van der Waals surface area (Å²) in [5.41, 5.74) is 5.21. The van der Waals surface area contributed by atoms with E-state index in [0.717, 1.165) is 30.4 Å². The number of rotatable bonds is 10. The molecule has 0 aliphatic heterocycles. The van der Waals surface area contributed by atoms with Gasteiger partial charge in [0.15, 0.2) is 11.6 Å². The normalized spacial score (nSPS) is 11.1. The second-order valence-corrected chi connectivity index (χ2v) is 8.12. The summed E-state index contributed by atoms with van der Waals surface area (Å²) in [5, 5.41) is 0. The van der Waals surface area contributed by atoms with Crippen LogP contribution in [0.1, 0.15) is 61.8 Å². The van der Waals surface area contributed by atoms with Gasteiger partial charge in [-0.15, -0.1) is 0 Å². The molecule has 3 aromatic carbocycles. The van der Waals surface area contributed by atoms with Gasteiger partial charge in [-0.25, -0.2) is 8.78 Å². The van der Waals surface area contributed by atoms with Gasteiger partial charge in [0.1, 0.15) is 0 Å². The van der Waals surface area contributed by atoms with E-state index < -0.39 is 11.6 Å². The molecule has 30 heavy (non-hydrogen) atoms. The van der Waals surface area contributed by atoms with E-state index in [0.29, 0.717) is 24.0 Å². The third kappa shape index (κ3) is 5.78. The Morgan fingerprint density at radius 1 is 0.533 bits per heavy atom. The van der Waals surface area contributed by atoms with Crippen LogP contribution >= 0.6 is 0 Å². The Kier molecular flexibility index (Phi) is 8.19. The van der Waals surface area contributed by atoms with E-state index in [1.807, 2.05) is 24.3 Å². The van der Waals surface area contributed by atoms with Crippen LogP contribution in [0.3, 0.4) is 0 Å². The SMILES string of the molecule is CCCCCc1ccc(CCc2ccc(-c3ccc(CCC)cc3)c(F)c2F)cc1. The summed E-state index contributed by atoms with van der Waals surface area (Å²) in [6, 6.07) is 19.7. The predicted octanol–water partition coefficient (Wildman–Crippen LogP) is 8.10. The molecule has 0 atom stereocenters. The molecule has 0 saturated heterocycles. The molecule has 0 radical (unpaired) electrons. The second kappa shape index (κ2) is 11.1. The molecule has 0 N–H and O–H groups in total. The first-order valence-corrected chi connectivity index (χ1v) is 11.3. The lowest BCUT2D eigenvalue weighted by atomic mass is 9.97. The minimum Gasteiger partial charge on any atom is -0.203 e. The van der Waals surface area contributed by atoms with Crippen molar-refractivity contribution in [3.8, 4) is 11.1 Å². The van der Waals surface area contributed by atoms with Gasteiger partial charge in [0, 0.05) is 5.56 Å². The summed E-state index contributed by atoms with van der Waals surface area (Å²) in [4.78, 5) is 0. The lowest BCUT2D eigenvalue weighted by molar-refractivity contribution is 0.501. The highest BCUT2D eigenvalue weighted by atomic mass is 19.2. The predicted molar refractivity (Wildman–Crippen MR) is 123 cm³/mol. The highest BCUT2D eigenvalue weighted by molar-refractivity contribution is 5.65. The van der Waals surface area contributed by atoms with Crippen LogP contribution < -0.4 is 0 Å². The Bertz CT molecular complexity index is 924. The topological polar surface area (TPSA) is 0 Å². The van der Waals surface area contributed by atoms with Gasteiger partial charge in [0.25, 0.3) is 0 Å². The van der Waals surface area contributed by atoms with Gasteiger partial charge in [0.2, 0.25) is 0 Å². The van der Waals surface area contributed by atoms with Crippen molar-refractivity contribution in [3.63, 3.8) is 0 Å². The number of hydrogen-bond donors (Lipinski definition) is 0. The highest BCUT2D eigenvalue weighted by Gasteiger charge is 2.14. The van der Waals surface area contributed by atoms with Crippen LogP contribution in [0.4, 0.5) is 8.78 Å². The zero-order valence-corrected chi connectivity index (χ0v) is 18.2. The molecule has 2 heteroatoms. The van der Waals surface area contributed by atoms with Crippen LogP contribution in [0, 0.1) is 11.6 Å². The summed E-state index contributed by atoms with van der Waals surface area (Å²) >= 11 is 0. The van der Waals surface area contributed by atoms with Crippen molar-refractivity contribution >= 4 is 0 Å². The van der Waals surface area contributed by atoms with E-state index in [4.69, 9.17) is 0 Å².